The Labute approximate surface area is 73.6 Å². The Morgan fingerprint density at radius 1 is 1.45 bits per heavy atom. The van der Waals surface area contributed by atoms with E-state index in [-0.39, 0.29) is 0 Å². The van der Waals surface area contributed by atoms with Crippen LogP contribution in [0.4, 0.5) is 0 Å². The molecule has 56 valence electrons. The van der Waals surface area contributed by atoms with Gasteiger partial charge in [0, 0.05) is 0 Å². The van der Waals surface area contributed by atoms with Crippen molar-refractivity contribution in [3.63, 3.8) is 0 Å². The van der Waals surface area contributed by atoms with Crippen molar-refractivity contribution in [1.29, 1.82) is 0 Å². The lowest BCUT2D eigenvalue weighted by atomic mass is 10.2. The van der Waals surface area contributed by atoms with E-state index >= 15 is 0 Å². The van der Waals surface area contributed by atoms with Crippen LogP contribution in [0.25, 0.3) is 10.2 Å². The maximum Gasteiger partial charge on any atom is 0.0829 e. The van der Waals surface area contributed by atoms with E-state index in [2.05, 4.69) is 4.98 Å². The average molecular weight is 184 g/mol. The molecule has 0 saturated carbocycles. The largest absolute Gasteiger partial charge is 0.245 e. The molecule has 0 aliphatic heterocycles. The van der Waals surface area contributed by atoms with Crippen molar-refractivity contribution in [2.24, 2.45) is 0 Å². The van der Waals surface area contributed by atoms with Gasteiger partial charge in [-0.25, -0.2) is 4.98 Å². The van der Waals surface area contributed by atoms with Gasteiger partial charge in [0.25, 0.3) is 0 Å². The van der Waals surface area contributed by atoms with Gasteiger partial charge in [0.2, 0.25) is 0 Å². The highest BCUT2D eigenvalue weighted by atomic mass is 35.5. The molecular formula is C8H6ClNS. The van der Waals surface area contributed by atoms with E-state index in [0.29, 0.717) is 0 Å². The molecule has 0 radical (unpaired) electrons. The van der Waals surface area contributed by atoms with E-state index in [0.717, 1.165) is 20.8 Å². The number of benzene rings is 1. The van der Waals surface area contributed by atoms with E-state index in [9.17, 15) is 0 Å². The molecule has 2 rings (SSSR count). The summed E-state index contributed by atoms with van der Waals surface area (Å²) in [6, 6.07) is 4.00. The van der Waals surface area contributed by atoms with Crippen molar-refractivity contribution in [3.05, 3.63) is 28.2 Å². The van der Waals surface area contributed by atoms with Crippen LogP contribution in [0.2, 0.25) is 5.02 Å². The first kappa shape index (κ1) is 7.07. The normalized spacial score (nSPS) is 10.7. The molecule has 0 aliphatic carbocycles. The topological polar surface area (TPSA) is 12.9 Å². The lowest BCUT2D eigenvalue weighted by molar-refractivity contribution is 1.45. The Balaban J connectivity index is 2.91. The molecule has 0 unspecified atom stereocenters. The van der Waals surface area contributed by atoms with E-state index in [1.54, 1.807) is 11.3 Å². The second-order valence-corrected chi connectivity index (χ2v) is 3.71. The van der Waals surface area contributed by atoms with Gasteiger partial charge in [-0.05, 0) is 24.6 Å². The average Bonchev–Trinajstić information content (AvgIpc) is 2.34. The van der Waals surface area contributed by atoms with Gasteiger partial charge >= 0.3 is 0 Å². The van der Waals surface area contributed by atoms with Crippen LogP contribution >= 0.6 is 22.9 Å². The van der Waals surface area contributed by atoms with E-state index < -0.39 is 0 Å². The Morgan fingerprint density at radius 2 is 2.27 bits per heavy atom. The fourth-order valence-electron chi connectivity index (χ4n) is 1.06. The Kier molecular flexibility index (Phi) is 1.59. The van der Waals surface area contributed by atoms with Crippen molar-refractivity contribution in [2.75, 3.05) is 0 Å². The van der Waals surface area contributed by atoms with Crippen molar-refractivity contribution >= 4 is 33.2 Å². The van der Waals surface area contributed by atoms with E-state index in [4.69, 9.17) is 11.6 Å². The molecule has 0 spiro atoms. The predicted octanol–water partition coefficient (Wildman–Crippen LogP) is 3.26. The van der Waals surface area contributed by atoms with Gasteiger partial charge < -0.3 is 0 Å². The maximum atomic E-state index is 5.97. The lowest BCUT2D eigenvalue weighted by Crippen LogP contribution is -1.73. The molecule has 0 atom stereocenters. The van der Waals surface area contributed by atoms with Crippen molar-refractivity contribution in [3.8, 4) is 0 Å². The fourth-order valence-corrected chi connectivity index (χ4v) is 2.14. The summed E-state index contributed by atoms with van der Waals surface area (Å²) in [6.07, 6.45) is 0. The van der Waals surface area contributed by atoms with Crippen LogP contribution < -0.4 is 0 Å². The third-order valence-corrected chi connectivity index (χ3v) is 2.82. The molecule has 0 N–H and O–H groups in total. The molecule has 2 aromatic rings. The zero-order chi connectivity index (χ0) is 7.84. The van der Waals surface area contributed by atoms with Gasteiger partial charge in [0.05, 0.1) is 20.7 Å². The minimum absolute atomic E-state index is 0.808. The first-order valence-electron chi connectivity index (χ1n) is 3.27. The van der Waals surface area contributed by atoms with Crippen LogP contribution in [-0.2, 0) is 0 Å². The summed E-state index contributed by atoms with van der Waals surface area (Å²) in [7, 11) is 0. The molecule has 0 amide bonds. The third kappa shape index (κ3) is 1.12. The second kappa shape index (κ2) is 2.47. The number of rotatable bonds is 0. The summed E-state index contributed by atoms with van der Waals surface area (Å²) in [6.45, 7) is 2.02. The minimum atomic E-state index is 0.808. The van der Waals surface area contributed by atoms with Crippen molar-refractivity contribution in [1.82, 2.24) is 4.98 Å². The molecule has 3 heteroatoms. The second-order valence-electron chi connectivity index (χ2n) is 2.45. The van der Waals surface area contributed by atoms with Gasteiger partial charge in [-0.15, -0.1) is 11.3 Å². The van der Waals surface area contributed by atoms with Crippen LogP contribution in [0.15, 0.2) is 17.6 Å². The summed E-state index contributed by atoms with van der Waals surface area (Å²) >= 11 is 7.55. The van der Waals surface area contributed by atoms with Gasteiger partial charge in [-0.2, -0.15) is 0 Å². The standard InChI is InChI=1S/C8H6ClNS/c1-5-2-6(9)8-7(3-5)10-4-11-8/h2-4H,1H3. The Hall–Kier alpha value is -0.600. The molecule has 0 fully saturated rings. The zero-order valence-electron chi connectivity index (χ0n) is 5.97. The number of aromatic nitrogens is 1. The quantitative estimate of drug-likeness (QED) is 0.611. The summed E-state index contributed by atoms with van der Waals surface area (Å²) in [5, 5.41) is 0.808. The van der Waals surface area contributed by atoms with Crippen LogP contribution in [0.1, 0.15) is 5.56 Å². The van der Waals surface area contributed by atoms with Crippen LogP contribution in [0.5, 0.6) is 0 Å². The molecule has 1 aromatic heterocycles. The van der Waals surface area contributed by atoms with E-state index in [1.807, 2.05) is 24.6 Å². The smallest absolute Gasteiger partial charge is 0.0829 e. The number of halogens is 1. The summed E-state index contributed by atoms with van der Waals surface area (Å²) in [4.78, 5) is 4.17. The molecule has 0 saturated heterocycles. The summed E-state index contributed by atoms with van der Waals surface area (Å²) < 4.78 is 1.08. The number of thiazole rings is 1. The summed E-state index contributed by atoms with van der Waals surface area (Å²) in [5.74, 6) is 0. The zero-order valence-corrected chi connectivity index (χ0v) is 7.54. The first-order chi connectivity index (χ1) is 5.27. The van der Waals surface area contributed by atoms with Gasteiger partial charge in [-0.3, -0.25) is 0 Å². The monoisotopic (exact) mass is 183 g/mol. The number of nitrogens with zero attached hydrogens (tertiary/aromatic N) is 1. The van der Waals surface area contributed by atoms with Gasteiger partial charge in [0.1, 0.15) is 0 Å². The number of aryl methyl sites for hydroxylation is 1. The highest BCUT2D eigenvalue weighted by Crippen LogP contribution is 2.27. The third-order valence-electron chi connectivity index (χ3n) is 1.53. The molecule has 11 heavy (non-hydrogen) atoms. The molecule has 0 bridgehead atoms. The molecule has 0 aliphatic rings. The van der Waals surface area contributed by atoms with Crippen molar-refractivity contribution < 1.29 is 0 Å². The van der Waals surface area contributed by atoms with Crippen LogP contribution in [-0.4, -0.2) is 4.98 Å². The molecular weight excluding hydrogens is 178 g/mol. The Bertz CT molecular complexity index is 394. The summed E-state index contributed by atoms with van der Waals surface area (Å²) in [5.41, 5.74) is 3.98. The van der Waals surface area contributed by atoms with Crippen molar-refractivity contribution in [2.45, 2.75) is 6.92 Å². The van der Waals surface area contributed by atoms with Gasteiger partial charge in [0.15, 0.2) is 0 Å². The maximum absolute atomic E-state index is 5.97. The first-order valence-corrected chi connectivity index (χ1v) is 4.52. The highest BCUT2D eigenvalue weighted by Gasteiger charge is 2.01. The van der Waals surface area contributed by atoms with Crippen LogP contribution in [0.3, 0.4) is 0 Å². The number of fused-ring (bicyclic) bond motifs is 1. The molecule has 1 heterocycles. The van der Waals surface area contributed by atoms with Crippen LogP contribution in [0, 0.1) is 6.92 Å². The highest BCUT2D eigenvalue weighted by molar-refractivity contribution is 7.17. The Morgan fingerprint density at radius 3 is 3.09 bits per heavy atom. The SMILES string of the molecule is Cc1cc(Cl)c2scnc2c1. The number of hydrogen-bond donors (Lipinski definition) is 0. The minimum Gasteiger partial charge on any atom is -0.245 e. The van der Waals surface area contributed by atoms with E-state index in [1.165, 1.54) is 0 Å². The fraction of sp³-hybridized carbons (Fsp3) is 0.125. The molecule has 1 aromatic carbocycles. The molecule has 1 nitrogen and oxygen atoms in total. The number of hydrogen-bond acceptors (Lipinski definition) is 2. The predicted molar refractivity (Wildman–Crippen MR) is 49.4 cm³/mol. The van der Waals surface area contributed by atoms with Gasteiger partial charge in [-0.1, -0.05) is 11.6 Å². The lowest BCUT2D eigenvalue weighted by Gasteiger charge is -1.93.